The van der Waals surface area contributed by atoms with Crippen LogP contribution < -0.4 is 5.32 Å². The first-order chi connectivity index (χ1) is 8.83. The average molecular weight is 263 g/mol. The van der Waals surface area contributed by atoms with Crippen LogP contribution in [-0.4, -0.2) is 18.1 Å². The summed E-state index contributed by atoms with van der Waals surface area (Å²) in [5.41, 5.74) is 2.35. The van der Waals surface area contributed by atoms with Gasteiger partial charge in [0.2, 0.25) is 0 Å². The molecule has 2 rings (SSSR count). The minimum Gasteiger partial charge on any atom is -0.317 e. The maximum absolute atomic E-state index is 6.18. The Morgan fingerprint density at radius 1 is 1.22 bits per heavy atom. The predicted octanol–water partition coefficient (Wildman–Crippen LogP) is 3.82. The third kappa shape index (κ3) is 3.21. The van der Waals surface area contributed by atoms with Gasteiger partial charge in [-0.05, 0) is 56.1 Å². The molecule has 1 aromatic carbocycles. The van der Waals surface area contributed by atoms with Gasteiger partial charge in [0.15, 0.2) is 0 Å². The lowest BCUT2D eigenvalue weighted by Crippen LogP contribution is -2.13. The molecule has 2 nitrogen and oxygen atoms in total. The highest BCUT2D eigenvalue weighted by atomic mass is 35.5. The number of aryl methyl sites for hydroxylation is 1. The van der Waals surface area contributed by atoms with Gasteiger partial charge in [-0.25, -0.2) is 0 Å². The van der Waals surface area contributed by atoms with E-state index >= 15 is 0 Å². The summed E-state index contributed by atoms with van der Waals surface area (Å²) < 4.78 is 0. The quantitative estimate of drug-likeness (QED) is 0.801. The Morgan fingerprint density at radius 2 is 2.11 bits per heavy atom. The van der Waals surface area contributed by atoms with E-state index in [0.29, 0.717) is 0 Å². The van der Waals surface area contributed by atoms with Crippen LogP contribution in [0.3, 0.4) is 0 Å². The molecule has 1 N–H and O–H groups in total. The van der Waals surface area contributed by atoms with Crippen LogP contribution in [0.1, 0.15) is 25.3 Å². The molecule has 0 saturated heterocycles. The molecule has 96 valence electrons. The lowest BCUT2D eigenvalue weighted by Gasteiger charge is -2.07. The van der Waals surface area contributed by atoms with Gasteiger partial charge in [0.05, 0.1) is 5.52 Å². The number of halogens is 1. The molecule has 0 aliphatic rings. The summed E-state index contributed by atoms with van der Waals surface area (Å²) in [6.45, 7) is 4.28. The van der Waals surface area contributed by atoms with E-state index in [4.69, 9.17) is 11.6 Å². The highest BCUT2D eigenvalue weighted by molar-refractivity contribution is 6.35. The van der Waals surface area contributed by atoms with Crippen molar-refractivity contribution in [3.05, 3.63) is 41.0 Å². The monoisotopic (exact) mass is 262 g/mol. The highest BCUT2D eigenvalue weighted by Gasteiger charge is 2.05. The molecule has 0 fully saturated rings. The fraction of sp³-hybridized carbons (Fsp3) is 0.400. The molecule has 0 radical (unpaired) electrons. The summed E-state index contributed by atoms with van der Waals surface area (Å²) in [6.07, 6.45) is 5.28. The van der Waals surface area contributed by atoms with Crippen LogP contribution in [0.15, 0.2) is 30.5 Å². The summed E-state index contributed by atoms with van der Waals surface area (Å²) in [4.78, 5) is 4.46. The minimum absolute atomic E-state index is 0.787. The van der Waals surface area contributed by atoms with Gasteiger partial charge in [0, 0.05) is 16.6 Å². The lowest BCUT2D eigenvalue weighted by molar-refractivity contribution is 0.641. The van der Waals surface area contributed by atoms with Crippen LogP contribution in [-0.2, 0) is 6.42 Å². The first-order valence-electron chi connectivity index (χ1n) is 6.55. The Morgan fingerprint density at radius 3 is 2.94 bits per heavy atom. The third-order valence-electron chi connectivity index (χ3n) is 3.10. The number of hydrogen-bond acceptors (Lipinski definition) is 2. The van der Waals surface area contributed by atoms with Crippen molar-refractivity contribution in [1.82, 2.24) is 10.3 Å². The molecule has 18 heavy (non-hydrogen) atoms. The molecule has 0 aliphatic carbocycles. The van der Waals surface area contributed by atoms with Gasteiger partial charge >= 0.3 is 0 Å². The molecule has 2 aromatic rings. The zero-order valence-electron chi connectivity index (χ0n) is 10.7. The van der Waals surface area contributed by atoms with Crippen molar-refractivity contribution in [2.24, 2.45) is 0 Å². The second kappa shape index (κ2) is 6.72. The lowest BCUT2D eigenvalue weighted by atomic mass is 10.0. The number of unbranched alkanes of at least 4 members (excludes halogenated alkanes) is 1. The van der Waals surface area contributed by atoms with E-state index in [-0.39, 0.29) is 0 Å². The van der Waals surface area contributed by atoms with Crippen LogP contribution in [0, 0.1) is 0 Å². The second-order valence-electron chi connectivity index (χ2n) is 4.42. The van der Waals surface area contributed by atoms with E-state index in [2.05, 4.69) is 23.3 Å². The Labute approximate surface area is 113 Å². The first kappa shape index (κ1) is 13.3. The van der Waals surface area contributed by atoms with Crippen LogP contribution in [0.5, 0.6) is 0 Å². The number of pyridine rings is 1. The molecule has 0 saturated carbocycles. The molecule has 1 aromatic heterocycles. The molecule has 0 bridgehead atoms. The zero-order chi connectivity index (χ0) is 12.8. The number of fused-ring (bicyclic) bond motifs is 1. The van der Waals surface area contributed by atoms with Crippen LogP contribution in [0.4, 0.5) is 0 Å². The Hall–Kier alpha value is -1.12. The van der Waals surface area contributed by atoms with E-state index in [1.54, 1.807) is 0 Å². The maximum Gasteiger partial charge on any atom is 0.0748 e. The van der Waals surface area contributed by atoms with E-state index in [0.717, 1.165) is 35.4 Å². The predicted molar refractivity (Wildman–Crippen MR) is 78.2 cm³/mol. The number of benzene rings is 1. The van der Waals surface area contributed by atoms with Gasteiger partial charge < -0.3 is 5.32 Å². The summed E-state index contributed by atoms with van der Waals surface area (Å²) in [5.74, 6) is 0. The molecule has 0 spiro atoms. The van der Waals surface area contributed by atoms with Gasteiger partial charge in [0.25, 0.3) is 0 Å². The zero-order valence-corrected chi connectivity index (χ0v) is 11.5. The molecular weight excluding hydrogens is 244 g/mol. The number of rotatable bonds is 6. The standard InChI is InChI=1S/C15H19ClN2/c1-2-17-10-4-3-6-12-8-9-14(16)13-7-5-11-18-15(12)13/h5,7-9,11,17H,2-4,6,10H2,1H3. The fourth-order valence-electron chi connectivity index (χ4n) is 2.14. The smallest absolute Gasteiger partial charge is 0.0748 e. The van der Waals surface area contributed by atoms with Gasteiger partial charge in [-0.2, -0.15) is 0 Å². The number of nitrogens with zero attached hydrogens (tertiary/aromatic N) is 1. The summed E-state index contributed by atoms with van der Waals surface area (Å²) in [5, 5.41) is 5.19. The minimum atomic E-state index is 0.787. The van der Waals surface area contributed by atoms with Crippen molar-refractivity contribution in [2.45, 2.75) is 26.2 Å². The van der Waals surface area contributed by atoms with E-state index in [9.17, 15) is 0 Å². The van der Waals surface area contributed by atoms with Crippen molar-refractivity contribution < 1.29 is 0 Å². The summed E-state index contributed by atoms with van der Waals surface area (Å²) in [6, 6.07) is 8.05. The molecule has 0 amide bonds. The fourth-order valence-corrected chi connectivity index (χ4v) is 2.36. The van der Waals surface area contributed by atoms with Crippen LogP contribution in [0.25, 0.3) is 10.9 Å². The topological polar surface area (TPSA) is 24.9 Å². The Kier molecular flexibility index (Phi) is 4.97. The van der Waals surface area contributed by atoms with E-state index in [1.165, 1.54) is 18.4 Å². The SMILES string of the molecule is CCNCCCCc1ccc(Cl)c2cccnc12. The van der Waals surface area contributed by atoms with Crippen molar-refractivity contribution in [3.63, 3.8) is 0 Å². The summed E-state index contributed by atoms with van der Waals surface area (Å²) in [7, 11) is 0. The third-order valence-corrected chi connectivity index (χ3v) is 3.43. The summed E-state index contributed by atoms with van der Waals surface area (Å²) >= 11 is 6.18. The maximum atomic E-state index is 6.18. The van der Waals surface area contributed by atoms with Gasteiger partial charge in [0.1, 0.15) is 0 Å². The van der Waals surface area contributed by atoms with Gasteiger partial charge in [-0.3, -0.25) is 4.98 Å². The van der Waals surface area contributed by atoms with Crippen LogP contribution >= 0.6 is 11.6 Å². The number of aromatic nitrogens is 1. The molecular formula is C15H19ClN2. The normalized spacial score (nSPS) is 11.0. The number of nitrogens with one attached hydrogen (secondary N) is 1. The molecule has 1 heterocycles. The van der Waals surface area contributed by atoms with E-state index in [1.807, 2.05) is 24.4 Å². The van der Waals surface area contributed by atoms with Crippen molar-refractivity contribution in [1.29, 1.82) is 0 Å². The van der Waals surface area contributed by atoms with Gasteiger partial charge in [-0.15, -0.1) is 0 Å². The number of hydrogen-bond donors (Lipinski definition) is 1. The van der Waals surface area contributed by atoms with Gasteiger partial charge in [-0.1, -0.05) is 24.6 Å². The van der Waals surface area contributed by atoms with Crippen molar-refractivity contribution in [2.75, 3.05) is 13.1 Å². The molecule has 0 aliphatic heterocycles. The first-order valence-corrected chi connectivity index (χ1v) is 6.93. The average Bonchev–Trinajstić information content (AvgIpc) is 2.41. The largest absolute Gasteiger partial charge is 0.317 e. The Balaban J connectivity index is 2.07. The molecule has 0 atom stereocenters. The Bertz CT molecular complexity index is 511. The molecule has 3 heteroatoms. The van der Waals surface area contributed by atoms with Crippen molar-refractivity contribution >= 4 is 22.5 Å². The van der Waals surface area contributed by atoms with E-state index < -0.39 is 0 Å². The van der Waals surface area contributed by atoms with Crippen molar-refractivity contribution in [3.8, 4) is 0 Å². The van der Waals surface area contributed by atoms with Crippen LogP contribution in [0.2, 0.25) is 5.02 Å². The molecule has 0 unspecified atom stereocenters. The second-order valence-corrected chi connectivity index (χ2v) is 4.82. The highest BCUT2D eigenvalue weighted by Crippen LogP contribution is 2.25.